The van der Waals surface area contributed by atoms with Gasteiger partial charge in [-0.15, -0.1) is 0 Å². The molecule has 0 N–H and O–H groups in total. The van der Waals surface area contributed by atoms with Crippen LogP contribution in [0.1, 0.15) is 17.0 Å². The second kappa shape index (κ2) is 8.68. The van der Waals surface area contributed by atoms with Crippen molar-refractivity contribution in [1.29, 1.82) is 0 Å². The molecule has 0 spiro atoms. The molecule has 1 aliphatic heterocycles. The Morgan fingerprint density at radius 1 is 1.25 bits per heavy atom. The average Bonchev–Trinajstić information content (AvgIpc) is 3.32. The summed E-state index contributed by atoms with van der Waals surface area (Å²) in [7, 11) is 2.86. The van der Waals surface area contributed by atoms with Crippen molar-refractivity contribution in [3.05, 3.63) is 52.9 Å². The Morgan fingerprint density at radius 2 is 1.93 bits per heavy atom. The van der Waals surface area contributed by atoms with Crippen LogP contribution < -0.4 is 4.90 Å². The topological polar surface area (TPSA) is 89.3 Å². The van der Waals surface area contributed by atoms with Gasteiger partial charge in [-0.1, -0.05) is 15.9 Å². The zero-order valence-corrected chi connectivity index (χ0v) is 16.9. The number of carbonyl (C=O) groups is 3. The molecule has 148 valence electrons. The zero-order chi connectivity index (χ0) is 20.3. The number of hydrogen-bond acceptors (Lipinski definition) is 6. The molecule has 9 heteroatoms. The Hall–Kier alpha value is -2.49. The summed E-state index contributed by atoms with van der Waals surface area (Å²) in [5.41, 5.74) is 0.445. The number of amides is 3. The van der Waals surface area contributed by atoms with Crippen LogP contribution in [0.5, 0.6) is 0 Å². The van der Waals surface area contributed by atoms with Crippen molar-refractivity contribution in [2.24, 2.45) is 0 Å². The molecular weight excluding hydrogens is 432 g/mol. The quantitative estimate of drug-likeness (QED) is 0.475. The van der Waals surface area contributed by atoms with Gasteiger partial charge in [0.25, 0.3) is 11.8 Å². The van der Waals surface area contributed by atoms with Crippen LogP contribution in [0.3, 0.4) is 0 Å². The standard InChI is InChI=1S/C19H19BrN2O6/c1-26-17(27-2)11-21(19(25)15-4-3-9-28-15)14-10-16(23)22(18(14)24)13-7-5-12(20)6-8-13/h3-9,14,17H,10-11H2,1-2H3. The predicted octanol–water partition coefficient (Wildman–Crippen LogP) is 2.44. The molecule has 2 aromatic rings. The van der Waals surface area contributed by atoms with Gasteiger partial charge in [-0.05, 0) is 36.4 Å². The van der Waals surface area contributed by atoms with Gasteiger partial charge < -0.3 is 18.8 Å². The van der Waals surface area contributed by atoms with E-state index in [4.69, 9.17) is 13.9 Å². The number of carbonyl (C=O) groups excluding carboxylic acids is 3. The Bertz CT molecular complexity index is 848. The van der Waals surface area contributed by atoms with Crippen LogP contribution in [0.4, 0.5) is 5.69 Å². The molecule has 3 amide bonds. The first-order valence-electron chi connectivity index (χ1n) is 8.48. The summed E-state index contributed by atoms with van der Waals surface area (Å²) in [6, 6.07) is 8.88. The molecular formula is C19H19BrN2O6. The lowest BCUT2D eigenvalue weighted by Gasteiger charge is -2.29. The maximum absolute atomic E-state index is 13.1. The van der Waals surface area contributed by atoms with Gasteiger partial charge in [0.05, 0.1) is 24.9 Å². The van der Waals surface area contributed by atoms with Crippen LogP contribution >= 0.6 is 15.9 Å². The van der Waals surface area contributed by atoms with E-state index in [0.29, 0.717) is 5.69 Å². The van der Waals surface area contributed by atoms with E-state index in [9.17, 15) is 14.4 Å². The fraction of sp³-hybridized carbons (Fsp3) is 0.316. The van der Waals surface area contributed by atoms with Gasteiger partial charge in [0, 0.05) is 18.7 Å². The molecule has 1 unspecified atom stereocenters. The van der Waals surface area contributed by atoms with Gasteiger partial charge >= 0.3 is 0 Å². The minimum Gasteiger partial charge on any atom is -0.459 e. The highest BCUT2D eigenvalue weighted by Crippen LogP contribution is 2.28. The number of halogens is 1. The van der Waals surface area contributed by atoms with Gasteiger partial charge in [-0.3, -0.25) is 14.4 Å². The Labute approximate surface area is 170 Å². The number of methoxy groups -OCH3 is 2. The lowest BCUT2D eigenvalue weighted by atomic mass is 10.2. The number of nitrogens with zero attached hydrogens (tertiary/aromatic N) is 2. The number of anilines is 1. The van der Waals surface area contributed by atoms with Crippen LogP contribution in [-0.4, -0.2) is 55.7 Å². The average molecular weight is 451 g/mol. The Balaban J connectivity index is 1.91. The van der Waals surface area contributed by atoms with Crippen molar-refractivity contribution in [2.75, 3.05) is 25.7 Å². The van der Waals surface area contributed by atoms with Crippen molar-refractivity contribution in [3.8, 4) is 0 Å². The number of benzene rings is 1. The summed E-state index contributed by atoms with van der Waals surface area (Å²) in [4.78, 5) is 40.9. The minimum absolute atomic E-state index is 0.0373. The van der Waals surface area contributed by atoms with E-state index < -0.39 is 24.1 Å². The maximum atomic E-state index is 13.1. The fourth-order valence-electron chi connectivity index (χ4n) is 3.02. The number of hydrogen-bond donors (Lipinski definition) is 0. The molecule has 2 heterocycles. The van der Waals surface area contributed by atoms with Crippen molar-refractivity contribution in [2.45, 2.75) is 18.8 Å². The summed E-state index contributed by atoms with van der Waals surface area (Å²) >= 11 is 3.32. The number of rotatable bonds is 7. The molecule has 3 rings (SSSR count). The molecule has 1 fully saturated rings. The molecule has 1 saturated heterocycles. The summed E-state index contributed by atoms with van der Waals surface area (Å²) in [6.45, 7) is -0.0373. The molecule has 1 atom stereocenters. The third-order valence-electron chi connectivity index (χ3n) is 4.45. The van der Waals surface area contributed by atoms with Crippen LogP contribution in [0.25, 0.3) is 0 Å². The van der Waals surface area contributed by atoms with E-state index in [1.165, 1.54) is 31.4 Å². The normalized spacial score (nSPS) is 16.9. The molecule has 8 nitrogen and oxygen atoms in total. The van der Waals surface area contributed by atoms with Crippen LogP contribution in [0.2, 0.25) is 0 Å². The van der Waals surface area contributed by atoms with Gasteiger partial charge in [0.2, 0.25) is 5.91 Å². The van der Waals surface area contributed by atoms with Gasteiger partial charge in [0.15, 0.2) is 12.1 Å². The molecule has 0 radical (unpaired) electrons. The van der Waals surface area contributed by atoms with E-state index in [1.807, 2.05) is 0 Å². The fourth-order valence-corrected chi connectivity index (χ4v) is 3.28. The number of imide groups is 1. The van der Waals surface area contributed by atoms with E-state index in [-0.39, 0.29) is 24.6 Å². The zero-order valence-electron chi connectivity index (χ0n) is 15.3. The first kappa shape index (κ1) is 20.2. The third-order valence-corrected chi connectivity index (χ3v) is 4.98. The summed E-state index contributed by atoms with van der Waals surface area (Å²) in [5.74, 6) is -1.33. The van der Waals surface area contributed by atoms with Crippen molar-refractivity contribution in [1.82, 2.24) is 4.90 Å². The van der Waals surface area contributed by atoms with E-state index in [1.54, 1.807) is 30.3 Å². The molecule has 1 aromatic heterocycles. The van der Waals surface area contributed by atoms with Gasteiger partial charge in [-0.25, -0.2) is 4.90 Å². The van der Waals surface area contributed by atoms with Gasteiger partial charge in [0.1, 0.15) is 6.04 Å². The molecule has 1 aliphatic rings. The van der Waals surface area contributed by atoms with Crippen molar-refractivity contribution in [3.63, 3.8) is 0 Å². The van der Waals surface area contributed by atoms with Crippen molar-refractivity contribution < 1.29 is 28.3 Å². The van der Waals surface area contributed by atoms with Crippen LogP contribution in [-0.2, 0) is 19.1 Å². The van der Waals surface area contributed by atoms with E-state index >= 15 is 0 Å². The van der Waals surface area contributed by atoms with Crippen LogP contribution in [0.15, 0.2) is 51.6 Å². The molecule has 0 saturated carbocycles. The highest BCUT2D eigenvalue weighted by molar-refractivity contribution is 9.10. The monoisotopic (exact) mass is 450 g/mol. The van der Waals surface area contributed by atoms with E-state index in [0.717, 1.165) is 9.37 Å². The third kappa shape index (κ3) is 4.01. The highest BCUT2D eigenvalue weighted by Gasteiger charge is 2.45. The lowest BCUT2D eigenvalue weighted by Crippen LogP contribution is -2.49. The second-order valence-electron chi connectivity index (χ2n) is 6.10. The molecule has 1 aromatic carbocycles. The number of ether oxygens (including phenoxy) is 2. The van der Waals surface area contributed by atoms with Crippen LogP contribution in [0, 0.1) is 0 Å². The Kier molecular flexibility index (Phi) is 6.28. The smallest absolute Gasteiger partial charge is 0.290 e. The molecule has 0 bridgehead atoms. The minimum atomic E-state index is -0.985. The first-order valence-corrected chi connectivity index (χ1v) is 9.28. The number of furan rings is 1. The second-order valence-corrected chi connectivity index (χ2v) is 7.02. The first-order chi connectivity index (χ1) is 13.5. The highest BCUT2D eigenvalue weighted by atomic mass is 79.9. The lowest BCUT2D eigenvalue weighted by molar-refractivity contribution is -0.128. The molecule has 28 heavy (non-hydrogen) atoms. The summed E-state index contributed by atoms with van der Waals surface area (Å²) in [5, 5.41) is 0. The SMILES string of the molecule is COC(CN(C(=O)c1ccco1)C1CC(=O)N(c2ccc(Br)cc2)C1=O)OC. The van der Waals surface area contributed by atoms with Gasteiger partial charge in [-0.2, -0.15) is 0 Å². The molecule has 0 aliphatic carbocycles. The maximum Gasteiger partial charge on any atom is 0.290 e. The summed E-state index contributed by atoms with van der Waals surface area (Å²) < 4.78 is 16.4. The predicted molar refractivity (Wildman–Crippen MR) is 103 cm³/mol. The largest absolute Gasteiger partial charge is 0.459 e. The summed E-state index contributed by atoms with van der Waals surface area (Å²) in [6.07, 6.45) is 0.468. The van der Waals surface area contributed by atoms with E-state index in [2.05, 4.69) is 15.9 Å². The van der Waals surface area contributed by atoms with Crippen molar-refractivity contribution >= 4 is 39.3 Å². The Morgan fingerprint density at radius 3 is 2.50 bits per heavy atom.